The molecule has 2 rings (SSSR count). The van der Waals surface area contributed by atoms with Crippen molar-refractivity contribution in [3.63, 3.8) is 0 Å². The van der Waals surface area contributed by atoms with E-state index >= 15 is 0 Å². The molecule has 1 heterocycles. The zero-order valence-electron chi connectivity index (χ0n) is 10.7. The minimum Gasteiger partial charge on any atom is -0.454 e. The average Bonchev–Trinajstić information content (AvgIpc) is 2.82. The second-order valence-corrected chi connectivity index (χ2v) is 4.99. The maximum Gasteiger partial charge on any atom is 0.231 e. The summed E-state index contributed by atoms with van der Waals surface area (Å²) in [4.78, 5) is 0. The summed E-state index contributed by atoms with van der Waals surface area (Å²) in [6, 6.07) is 5.91. The van der Waals surface area contributed by atoms with Gasteiger partial charge in [0.2, 0.25) is 6.79 Å². The highest BCUT2D eigenvalue weighted by Gasteiger charge is 2.13. The van der Waals surface area contributed by atoms with Crippen molar-refractivity contribution in [3.8, 4) is 11.5 Å². The fraction of sp³-hybridized carbons (Fsp3) is 0.571. The van der Waals surface area contributed by atoms with Crippen molar-refractivity contribution in [1.29, 1.82) is 0 Å². The molecule has 4 heteroatoms. The van der Waals surface area contributed by atoms with Crippen LogP contribution in [-0.2, 0) is 11.3 Å². The molecule has 1 aliphatic heterocycles. The molecule has 0 fully saturated rings. The van der Waals surface area contributed by atoms with Crippen LogP contribution in [0.1, 0.15) is 25.3 Å². The summed E-state index contributed by atoms with van der Waals surface area (Å²) in [5.41, 5.74) is 1.12. The van der Waals surface area contributed by atoms with E-state index in [0.29, 0.717) is 19.3 Å². The molecule has 0 amide bonds. The van der Waals surface area contributed by atoms with Crippen molar-refractivity contribution in [2.75, 3.05) is 19.3 Å². The van der Waals surface area contributed by atoms with Gasteiger partial charge in [0.15, 0.2) is 11.5 Å². The van der Waals surface area contributed by atoms with E-state index in [0.717, 1.165) is 42.4 Å². The summed E-state index contributed by atoms with van der Waals surface area (Å²) in [6.45, 7) is 3.90. The van der Waals surface area contributed by atoms with E-state index in [9.17, 15) is 0 Å². The standard InChI is InChI=1S/C14H19ClO3/c1-11(4-6-15)5-7-16-9-12-2-3-13-14(8-12)18-10-17-13/h2-3,8,11H,4-7,9-10H2,1H3. The Labute approximate surface area is 113 Å². The van der Waals surface area contributed by atoms with Gasteiger partial charge in [0.25, 0.3) is 0 Å². The van der Waals surface area contributed by atoms with Gasteiger partial charge in [-0.2, -0.15) is 0 Å². The molecule has 1 aromatic rings. The molecule has 100 valence electrons. The molecule has 0 aliphatic carbocycles. The molecule has 0 bridgehead atoms. The van der Waals surface area contributed by atoms with Gasteiger partial charge in [-0.25, -0.2) is 0 Å². The minimum absolute atomic E-state index is 0.315. The normalized spacial score (nSPS) is 14.8. The average molecular weight is 271 g/mol. The molecule has 1 unspecified atom stereocenters. The zero-order valence-corrected chi connectivity index (χ0v) is 11.4. The predicted molar refractivity (Wildman–Crippen MR) is 71.3 cm³/mol. The first kappa shape index (κ1) is 13.5. The summed E-state index contributed by atoms with van der Waals surface area (Å²) < 4.78 is 16.2. The van der Waals surface area contributed by atoms with E-state index in [1.54, 1.807) is 0 Å². The first-order valence-electron chi connectivity index (χ1n) is 6.32. The lowest BCUT2D eigenvalue weighted by Crippen LogP contribution is -2.02. The monoisotopic (exact) mass is 270 g/mol. The van der Waals surface area contributed by atoms with Crippen LogP contribution >= 0.6 is 11.6 Å². The topological polar surface area (TPSA) is 27.7 Å². The van der Waals surface area contributed by atoms with E-state index in [1.807, 2.05) is 18.2 Å². The van der Waals surface area contributed by atoms with Gasteiger partial charge in [-0.15, -0.1) is 11.6 Å². The van der Waals surface area contributed by atoms with Gasteiger partial charge in [0.05, 0.1) is 6.61 Å². The van der Waals surface area contributed by atoms with Crippen molar-refractivity contribution < 1.29 is 14.2 Å². The minimum atomic E-state index is 0.315. The van der Waals surface area contributed by atoms with E-state index in [2.05, 4.69) is 6.92 Å². The fourth-order valence-corrected chi connectivity index (χ4v) is 2.21. The SMILES string of the molecule is CC(CCCl)CCOCc1ccc2c(c1)OCO2. The highest BCUT2D eigenvalue weighted by atomic mass is 35.5. The summed E-state index contributed by atoms with van der Waals surface area (Å²) in [5, 5.41) is 0. The van der Waals surface area contributed by atoms with Gasteiger partial charge in [-0.1, -0.05) is 13.0 Å². The molecular formula is C14H19ClO3. The second-order valence-electron chi connectivity index (χ2n) is 4.61. The van der Waals surface area contributed by atoms with Crippen molar-refractivity contribution in [1.82, 2.24) is 0 Å². The first-order chi connectivity index (χ1) is 8.79. The molecule has 1 atom stereocenters. The number of alkyl halides is 1. The van der Waals surface area contributed by atoms with E-state index in [-0.39, 0.29) is 0 Å². The van der Waals surface area contributed by atoms with Gasteiger partial charge in [0.1, 0.15) is 0 Å². The fourth-order valence-electron chi connectivity index (χ4n) is 1.84. The molecular weight excluding hydrogens is 252 g/mol. The molecule has 0 N–H and O–H groups in total. The number of halogens is 1. The lowest BCUT2D eigenvalue weighted by Gasteiger charge is -2.10. The van der Waals surface area contributed by atoms with Crippen LogP contribution < -0.4 is 9.47 Å². The van der Waals surface area contributed by atoms with Gasteiger partial charge < -0.3 is 14.2 Å². The molecule has 0 saturated carbocycles. The van der Waals surface area contributed by atoms with Crippen LogP contribution in [0, 0.1) is 5.92 Å². The van der Waals surface area contributed by atoms with E-state index < -0.39 is 0 Å². The molecule has 1 aliphatic rings. The molecule has 0 aromatic heterocycles. The maximum atomic E-state index is 5.69. The Kier molecular flexibility index (Phi) is 5.14. The van der Waals surface area contributed by atoms with Crippen LogP contribution in [0.2, 0.25) is 0 Å². The van der Waals surface area contributed by atoms with E-state index in [1.165, 1.54) is 0 Å². The Hall–Kier alpha value is -0.930. The maximum absolute atomic E-state index is 5.69. The van der Waals surface area contributed by atoms with Crippen LogP contribution in [0.5, 0.6) is 11.5 Å². The molecule has 0 radical (unpaired) electrons. The van der Waals surface area contributed by atoms with E-state index in [4.69, 9.17) is 25.8 Å². The van der Waals surface area contributed by atoms with Crippen molar-refractivity contribution in [3.05, 3.63) is 23.8 Å². The number of ether oxygens (including phenoxy) is 3. The lowest BCUT2D eigenvalue weighted by molar-refractivity contribution is 0.108. The highest BCUT2D eigenvalue weighted by molar-refractivity contribution is 6.17. The summed E-state index contributed by atoms with van der Waals surface area (Å²) in [6.07, 6.45) is 2.10. The van der Waals surface area contributed by atoms with Gasteiger partial charge in [-0.05, 0) is 36.5 Å². The third-order valence-electron chi connectivity index (χ3n) is 3.06. The van der Waals surface area contributed by atoms with Crippen LogP contribution in [0.3, 0.4) is 0 Å². The van der Waals surface area contributed by atoms with Crippen molar-refractivity contribution in [2.24, 2.45) is 5.92 Å². The number of rotatable bonds is 7. The van der Waals surface area contributed by atoms with Crippen LogP contribution in [0.25, 0.3) is 0 Å². The quantitative estimate of drug-likeness (QED) is 0.560. The summed E-state index contributed by atoms with van der Waals surface area (Å²) in [5.74, 6) is 2.98. The Morgan fingerprint density at radius 2 is 2.11 bits per heavy atom. The van der Waals surface area contributed by atoms with Gasteiger partial charge in [0, 0.05) is 12.5 Å². The lowest BCUT2D eigenvalue weighted by atomic mass is 10.1. The Balaban J connectivity index is 1.70. The zero-order chi connectivity index (χ0) is 12.8. The number of hydrogen-bond acceptors (Lipinski definition) is 3. The molecule has 0 saturated heterocycles. The number of fused-ring (bicyclic) bond motifs is 1. The Morgan fingerprint density at radius 1 is 1.28 bits per heavy atom. The number of hydrogen-bond donors (Lipinski definition) is 0. The van der Waals surface area contributed by atoms with Crippen molar-refractivity contribution >= 4 is 11.6 Å². The summed E-state index contributed by atoms with van der Waals surface area (Å²) >= 11 is 5.69. The van der Waals surface area contributed by atoms with Gasteiger partial charge >= 0.3 is 0 Å². The predicted octanol–water partition coefficient (Wildman–Crippen LogP) is 3.59. The van der Waals surface area contributed by atoms with Crippen LogP contribution in [-0.4, -0.2) is 19.3 Å². The Bertz CT molecular complexity index is 381. The first-order valence-corrected chi connectivity index (χ1v) is 6.85. The third kappa shape index (κ3) is 3.79. The van der Waals surface area contributed by atoms with Crippen LogP contribution in [0.15, 0.2) is 18.2 Å². The second kappa shape index (κ2) is 6.86. The molecule has 1 aromatic carbocycles. The molecule has 18 heavy (non-hydrogen) atoms. The smallest absolute Gasteiger partial charge is 0.231 e. The highest BCUT2D eigenvalue weighted by Crippen LogP contribution is 2.32. The molecule has 3 nitrogen and oxygen atoms in total. The Morgan fingerprint density at radius 3 is 2.94 bits per heavy atom. The van der Waals surface area contributed by atoms with Crippen molar-refractivity contribution in [2.45, 2.75) is 26.4 Å². The summed E-state index contributed by atoms with van der Waals surface area (Å²) in [7, 11) is 0. The molecule has 0 spiro atoms. The number of benzene rings is 1. The third-order valence-corrected chi connectivity index (χ3v) is 3.28. The van der Waals surface area contributed by atoms with Crippen LogP contribution in [0.4, 0.5) is 0 Å². The van der Waals surface area contributed by atoms with Gasteiger partial charge in [-0.3, -0.25) is 0 Å². The largest absolute Gasteiger partial charge is 0.454 e.